The first-order valence-electron chi connectivity index (χ1n) is 6.68. The summed E-state index contributed by atoms with van der Waals surface area (Å²) in [6, 6.07) is 6.47. The van der Waals surface area contributed by atoms with E-state index >= 15 is 0 Å². The lowest BCUT2D eigenvalue weighted by Gasteiger charge is -2.25. The molecule has 21 heavy (non-hydrogen) atoms. The van der Waals surface area contributed by atoms with Crippen molar-refractivity contribution >= 4 is 18.3 Å². The quantitative estimate of drug-likeness (QED) is 0.720. The predicted molar refractivity (Wildman–Crippen MR) is 84.4 cm³/mol. The van der Waals surface area contributed by atoms with Gasteiger partial charge in [0.05, 0.1) is 13.2 Å². The van der Waals surface area contributed by atoms with Crippen LogP contribution in [0.15, 0.2) is 24.3 Å². The average Bonchev–Trinajstić information content (AvgIpc) is 2.41. The molecule has 0 unspecified atom stereocenters. The van der Waals surface area contributed by atoms with Crippen molar-refractivity contribution in [3.8, 4) is 0 Å². The molecule has 0 heterocycles. The maximum absolute atomic E-state index is 13.2. The second-order valence-corrected chi connectivity index (χ2v) is 5.34. The summed E-state index contributed by atoms with van der Waals surface area (Å²) in [4.78, 5) is 11.7. The summed E-state index contributed by atoms with van der Waals surface area (Å²) in [5, 5.41) is 5.83. The van der Waals surface area contributed by atoms with Crippen molar-refractivity contribution in [2.75, 3.05) is 33.4 Å². The highest BCUT2D eigenvalue weighted by Gasteiger charge is 2.21. The summed E-state index contributed by atoms with van der Waals surface area (Å²) in [7, 11) is 1.61. The Morgan fingerprint density at radius 1 is 1.38 bits per heavy atom. The first kappa shape index (κ1) is 19.8. The third-order valence-corrected chi connectivity index (χ3v) is 3.10. The molecule has 0 radical (unpaired) electrons. The molecule has 1 rings (SSSR count). The topological polar surface area (TPSA) is 50.4 Å². The van der Waals surface area contributed by atoms with Crippen molar-refractivity contribution in [1.82, 2.24) is 10.6 Å². The summed E-state index contributed by atoms with van der Waals surface area (Å²) in [5.41, 5.74) is 0.551. The zero-order valence-corrected chi connectivity index (χ0v) is 13.6. The van der Waals surface area contributed by atoms with Gasteiger partial charge in [0.2, 0.25) is 5.91 Å². The standard InChI is InChI=1S/C15H23FN2O2.ClH/c1-15(2,12-5-4-6-13(16)9-12)11-18-14(19)10-17-7-8-20-3;/h4-6,9,17H,7-8,10-11H2,1-3H3,(H,18,19);1H. The van der Waals surface area contributed by atoms with Crippen molar-refractivity contribution < 1.29 is 13.9 Å². The van der Waals surface area contributed by atoms with Crippen molar-refractivity contribution in [2.24, 2.45) is 0 Å². The van der Waals surface area contributed by atoms with Crippen molar-refractivity contribution in [3.05, 3.63) is 35.6 Å². The zero-order valence-electron chi connectivity index (χ0n) is 12.7. The summed E-state index contributed by atoms with van der Waals surface area (Å²) < 4.78 is 18.1. The van der Waals surface area contributed by atoms with E-state index in [-0.39, 0.29) is 36.1 Å². The Hall–Kier alpha value is -1.17. The highest BCUT2D eigenvalue weighted by atomic mass is 35.5. The maximum Gasteiger partial charge on any atom is 0.233 e. The van der Waals surface area contributed by atoms with Crippen LogP contribution in [-0.2, 0) is 14.9 Å². The maximum atomic E-state index is 13.2. The van der Waals surface area contributed by atoms with Crippen LogP contribution in [0, 0.1) is 5.82 Å². The smallest absolute Gasteiger partial charge is 0.233 e. The van der Waals surface area contributed by atoms with Crippen LogP contribution < -0.4 is 10.6 Å². The van der Waals surface area contributed by atoms with E-state index in [2.05, 4.69) is 10.6 Å². The molecule has 0 bridgehead atoms. The molecule has 1 aromatic carbocycles. The number of benzene rings is 1. The third-order valence-electron chi connectivity index (χ3n) is 3.10. The number of nitrogens with one attached hydrogen (secondary N) is 2. The number of hydrogen-bond donors (Lipinski definition) is 2. The molecule has 1 aromatic rings. The van der Waals surface area contributed by atoms with Gasteiger partial charge in [-0.1, -0.05) is 26.0 Å². The predicted octanol–water partition coefficient (Wildman–Crippen LogP) is 1.88. The molecule has 4 nitrogen and oxygen atoms in total. The molecule has 0 aliphatic rings. The summed E-state index contributed by atoms with van der Waals surface area (Å²) in [5.74, 6) is -0.339. The molecular weight excluding hydrogens is 295 g/mol. The minimum atomic E-state index is -0.315. The van der Waals surface area contributed by atoms with Gasteiger partial charge in [-0.2, -0.15) is 0 Å². The van der Waals surface area contributed by atoms with Crippen LogP contribution in [0.5, 0.6) is 0 Å². The molecule has 0 aliphatic carbocycles. The Morgan fingerprint density at radius 3 is 2.71 bits per heavy atom. The van der Waals surface area contributed by atoms with E-state index in [0.717, 1.165) is 5.56 Å². The monoisotopic (exact) mass is 318 g/mol. The molecule has 2 N–H and O–H groups in total. The third kappa shape index (κ3) is 7.41. The molecule has 0 saturated carbocycles. The fraction of sp³-hybridized carbons (Fsp3) is 0.533. The molecular formula is C15H24ClFN2O2. The summed E-state index contributed by atoms with van der Waals surface area (Å²) >= 11 is 0. The first-order valence-corrected chi connectivity index (χ1v) is 6.68. The molecule has 120 valence electrons. The second-order valence-electron chi connectivity index (χ2n) is 5.34. The van der Waals surface area contributed by atoms with E-state index in [9.17, 15) is 9.18 Å². The Labute approximate surface area is 131 Å². The van der Waals surface area contributed by atoms with Gasteiger partial charge in [0.15, 0.2) is 0 Å². The zero-order chi connectivity index (χ0) is 15.0. The normalized spacial score (nSPS) is 10.9. The van der Waals surface area contributed by atoms with Crippen LogP contribution >= 0.6 is 12.4 Å². The molecule has 0 fully saturated rings. The van der Waals surface area contributed by atoms with Gasteiger partial charge < -0.3 is 15.4 Å². The van der Waals surface area contributed by atoms with Gasteiger partial charge in [-0.05, 0) is 17.7 Å². The van der Waals surface area contributed by atoms with E-state index in [1.807, 2.05) is 19.9 Å². The number of rotatable bonds is 8. The Bertz CT molecular complexity index is 441. The van der Waals surface area contributed by atoms with Gasteiger partial charge in [-0.15, -0.1) is 12.4 Å². The molecule has 0 aliphatic heterocycles. The van der Waals surface area contributed by atoms with Crippen LogP contribution in [0.25, 0.3) is 0 Å². The van der Waals surface area contributed by atoms with Crippen LogP contribution in [0.1, 0.15) is 19.4 Å². The van der Waals surface area contributed by atoms with Crippen molar-refractivity contribution in [3.63, 3.8) is 0 Å². The van der Waals surface area contributed by atoms with Crippen LogP contribution in [0.4, 0.5) is 4.39 Å². The lowest BCUT2D eigenvalue weighted by molar-refractivity contribution is -0.120. The number of halogens is 2. The SMILES string of the molecule is COCCNCC(=O)NCC(C)(C)c1cccc(F)c1.Cl. The van der Waals surface area contributed by atoms with Gasteiger partial charge in [0.1, 0.15) is 5.82 Å². The van der Waals surface area contributed by atoms with Gasteiger partial charge in [-0.25, -0.2) is 4.39 Å². The number of carbonyl (C=O) groups is 1. The Balaban J connectivity index is 0.00000400. The number of methoxy groups -OCH3 is 1. The minimum absolute atomic E-state index is 0. The summed E-state index contributed by atoms with van der Waals surface area (Å²) in [6.07, 6.45) is 0. The fourth-order valence-corrected chi connectivity index (χ4v) is 1.77. The van der Waals surface area contributed by atoms with Gasteiger partial charge in [0.25, 0.3) is 0 Å². The average molecular weight is 319 g/mol. The van der Waals surface area contributed by atoms with E-state index in [1.54, 1.807) is 13.2 Å². The number of ether oxygens (including phenoxy) is 1. The van der Waals surface area contributed by atoms with E-state index in [0.29, 0.717) is 19.7 Å². The number of carbonyl (C=O) groups excluding carboxylic acids is 1. The Morgan fingerprint density at radius 2 is 2.10 bits per heavy atom. The number of hydrogen-bond acceptors (Lipinski definition) is 3. The van der Waals surface area contributed by atoms with Gasteiger partial charge >= 0.3 is 0 Å². The van der Waals surface area contributed by atoms with Crippen molar-refractivity contribution in [1.29, 1.82) is 0 Å². The largest absolute Gasteiger partial charge is 0.383 e. The highest BCUT2D eigenvalue weighted by Crippen LogP contribution is 2.22. The van der Waals surface area contributed by atoms with E-state index in [1.165, 1.54) is 12.1 Å². The summed E-state index contributed by atoms with van der Waals surface area (Å²) in [6.45, 7) is 5.86. The molecule has 0 saturated heterocycles. The lowest BCUT2D eigenvalue weighted by Crippen LogP contribution is -2.41. The molecule has 1 amide bonds. The highest BCUT2D eigenvalue weighted by molar-refractivity contribution is 5.85. The minimum Gasteiger partial charge on any atom is -0.383 e. The van der Waals surface area contributed by atoms with Crippen LogP contribution in [0.2, 0.25) is 0 Å². The molecule has 0 spiro atoms. The van der Waals surface area contributed by atoms with Crippen molar-refractivity contribution in [2.45, 2.75) is 19.3 Å². The van der Waals surface area contributed by atoms with Gasteiger partial charge in [-0.3, -0.25) is 4.79 Å². The van der Waals surface area contributed by atoms with Gasteiger partial charge in [0, 0.05) is 25.6 Å². The number of amides is 1. The second kappa shape index (κ2) is 9.71. The van der Waals surface area contributed by atoms with E-state index < -0.39 is 0 Å². The molecule has 0 atom stereocenters. The fourth-order valence-electron chi connectivity index (χ4n) is 1.77. The van der Waals surface area contributed by atoms with Crippen LogP contribution in [-0.4, -0.2) is 39.3 Å². The van der Waals surface area contributed by atoms with E-state index in [4.69, 9.17) is 4.74 Å². The lowest BCUT2D eigenvalue weighted by atomic mass is 9.84. The molecule has 6 heteroatoms. The Kier molecular flexibility index (Phi) is 9.17. The van der Waals surface area contributed by atoms with Crippen LogP contribution in [0.3, 0.4) is 0 Å². The first-order chi connectivity index (χ1) is 9.45. The molecule has 0 aromatic heterocycles.